The molecular weight excluding hydrogens is 436 g/mol. The molecule has 2 atom stereocenters. The zero-order chi connectivity index (χ0) is 18.7. The van der Waals surface area contributed by atoms with Gasteiger partial charge >= 0.3 is 0 Å². The molecule has 1 saturated heterocycles. The molecule has 3 rings (SSSR count). The van der Waals surface area contributed by atoms with Crippen LogP contribution < -0.4 is 5.32 Å². The predicted molar refractivity (Wildman–Crippen MR) is 107 cm³/mol. The molecule has 2 unspecified atom stereocenters. The number of benzene rings is 1. The summed E-state index contributed by atoms with van der Waals surface area (Å²) in [5.74, 6) is -0.428. The van der Waals surface area contributed by atoms with Crippen molar-refractivity contribution in [3.05, 3.63) is 51.8 Å². The first-order valence-corrected chi connectivity index (χ1v) is 11.6. The van der Waals surface area contributed by atoms with Crippen LogP contribution in [0.5, 0.6) is 0 Å². The van der Waals surface area contributed by atoms with Crippen molar-refractivity contribution < 1.29 is 13.2 Å². The predicted octanol–water partition coefficient (Wildman–Crippen LogP) is 3.79. The maximum absolute atomic E-state index is 12.7. The third-order valence-electron chi connectivity index (χ3n) is 4.57. The lowest BCUT2D eigenvalue weighted by Crippen LogP contribution is -2.45. The van der Waals surface area contributed by atoms with Crippen molar-refractivity contribution >= 4 is 43.2 Å². The second-order valence-electron chi connectivity index (χ2n) is 6.39. The van der Waals surface area contributed by atoms with Crippen LogP contribution >= 0.6 is 27.3 Å². The summed E-state index contributed by atoms with van der Waals surface area (Å²) in [6.45, 7) is 2.62. The summed E-state index contributed by atoms with van der Waals surface area (Å²) in [5.41, 5.74) is 1.000. The van der Waals surface area contributed by atoms with Gasteiger partial charge in [0.1, 0.15) is 4.21 Å². The average Bonchev–Trinajstić information content (AvgIpc) is 3.17. The molecule has 0 saturated carbocycles. The monoisotopic (exact) mass is 456 g/mol. The normalized spacial score (nSPS) is 19.8. The van der Waals surface area contributed by atoms with Gasteiger partial charge in [-0.15, -0.1) is 11.3 Å². The SMILES string of the molecule is CC(NC(=O)C1CCCN(S(=O)(=O)c2cccs2)C1)c1ccccc1Br. The second kappa shape index (κ2) is 8.21. The number of hydrogen-bond acceptors (Lipinski definition) is 4. The highest BCUT2D eigenvalue weighted by atomic mass is 79.9. The van der Waals surface area contributed by atoms with Crippen LogP contribution in [-0.4, -0.2) is 31.7 Å². The van der Waals surface area contributed by atoms with E-state index in [-0.39, 0.29) is 24.4 Å². The molecule has 2 aromatic rings. The minimum absolute atomic E-state index is 0.0978. The van der Waals surface area contributed by atoms with Gasteiger partial charge in [0.05, 0.1) is 12.0 Å². The number of thiophene rings is 1. The van der Waals surface area contributed by atoms with Crippen LogP contribution in [0.15, 0.2) is 50.5 Å². The van der Waals surface area contributed by atoms with Gasteiger partial charge in [-0.2, -0.15) is 4.31 Å². The van der Waals surface area contributed by atoms with E-state index in [0.717, 1.165) is 10.0 Å². The Bertz CT molecular complexity index is 868. The number of halogens is 1. The van der Waals surface area contributed by atoms with Gasteiger partial charge in [0.2, 0.25) is 5.91 Å². The highest BCUT2D eigenvalue weighted by molar-refractivity contribution is 9.10. The molecule has 5 nitrogen and oxygen atoms in total. The van der Waals surface area contributed by atoms with Gasteiger partial charge in [-0.1, -0.05) is 40.2 Å². The first-order chi connectivity index (χ1) is 12.4. The van der Waals surface area contributed by atoms with E-state index in [1.54, 1.807) is 17.5 Å². The molecule has 26 heavy (non-hydrogen) atoms. The molecule has 1 fully saturated rings. The molecule has 1 amide bonds. The second-order valence-corrected chi connectivity index (χ2v) is 10.4. The van der Waals surface area contributed by atoms with Crippen LogP contribution in [0.1, 0.15) is 31.4 Å². The number of carbonyl (C=O) groups is 1. The molecule has 2 heterocycles. The smallest absolute Gasteiger partial charge is 0.252 e. The van der Waals surface area contributed by atoms with E-state index >= 15 is 0 Å². The van der Waals surface area contributed by atoms with Crippen molar-refractivity contribution in [1.82, 2.24) is 9.62 Å². The largest absolute Gasteiger partial charge is 0.349 e. The lowest BCUT2D eigenvalue weighted by Gasteiger charge is -2.31. The third-order valence-corrected chi connectivity index (χ3v) is 8.53. The Morgan fingerprint density at radius 3 is 2.77 bits per heavy atom. The Kier molecular flexibility index (Phi) is 6.17. The third kappa shape index (κ3) is 4.19. The Morgan fingerprint density at radius 1 is 1.31 bits per heavy atom. The molecule has 0 aliphatic carbocycles. The van der Waals surface area contributed by atoms with Gasteiger partial charge in [-0.05, 0) is 42.8 Å². The molecule has 8 heteroatoms. The van der Waals surface area contributed by atoms with Crippen molar-refractivity contribution in [2.75, 3.05) is 13.1 Å². The topological polar surface area (TPSA) is 66.5 Å². The van der Waals surface area contributed by atoms with E-state index in [2.05, 4.69) is 21.2 Å². The number of nitrogens with zero attached hydrogens (tertiary/aromatic N) is 1. The van der Waals surface area contributed by atoms with Gasteiger partial charge in [0.25, 0.3) is 10.0 Å². The van der Waals surface area contributed by atoms with E-state index in [0.29, 0.717) is 23.6 Å². The maximum Gasteiger partial charge on any atom is 0.252 e. The van der Waals surface area contributed by atoms with Gasteiger partial charge in [0.15, 0.2) is 0 Å². The van der Waals surface area contributed by atoms with Gasteiger partial charge in [-0.25, -0.2) is 8.42 Å². The first-order valence-electron chi connectivity index (χ1n) is 8.48. The number of piperidine rings is 1. The van der Waals surface area contributed by atoms with Crippen LogP contribution in [0.3, 0.4) is 0 Å². The molecule has 1 aromatic carbocycles. The zero-order valence-electron chi connectivity index (χ0n) is 14.4. The Morgan fingerprint density at radius 2 is 2.08 bits per heavy atom. The van der Waals surface area contributed by atoms with Gasteiger partial charge < -0.3 is 5.32 Å². The van der Waals surface area contributed by atoms with Crippen LogP contribution in [0, 0.1) is 5.92 Å². The first kappa shape index (κ1) is 19.5. The summed E-state index contributed by atoms with van der Waals surface area (Å²) in [4.78, 5) is 12.7. The summed E-state index contributed by atoms with van der Waals surface area (Å²) >= 11 is 4.71. The molecule has 0 spiro atoms. The molecule has 1 aliphatic heterocycles. The summed E-state index contributed by atoms with van der Waals surface area (Å²) in [5, 5.41) is 4.78. The van der Waals surface area contributed by atoms with Gasteiger partial charge in [0, 0.05) is 17.6 Å². The summed E-state index contributed by atoms with van der Waals surface area (Å²) in [6.07, 6.45) is 1.39. The van der Waals surface area contributed by atoms with E-state index in [1.807, 2.05) is 31.2 Å². The minimum Gasteiger partial charge on any atom is -0.349 e. The van der Waals surface area contributed by atoms with Crippen LogP contribution in [0.25, 0.3) is 0 Å². The lowest BCUT2D eigenvalue weighted by molar-refractivity contribution is -0.126. The standard InChI is InChI=1S/C18H21BrN2O3S2/c1-13(15-7-2-3-8-16(15)19)20-18(22)14-6-4-10-21(12-14)26(23,24)17-9-5-11-25-17/h2-3,5,7-9,11,13-14H,4,6,10,12H2,1H3,(H,20,22). The summed E-state index contributed by atoms with van der Waals surface area (Å²) in [6, 6.07) is 10.9. The van der Waals surface area contributed by atoms with Gasteiger partial charge in [-0.3, -0.25) is 4.79 Å². The Hall–Kier alpha value is -1.22. The number of sulfonamides is 1. The number of rotatable bonds is 5. The van der Waals surface area contributed by atoms with E-state index in [9.17, 15) is 13.2 Å². The van der Waals surface area contributed by atoms with Crippen molar-refractivity contribution in [2.24, 2.45) is 5.92 Å². The molecule has 0 bridgehead atoms. The quantitative estimate of drug-likeness (QED) is 0.743. The number of nitrogens with one attached hydrogen (secondary N) is 1. The fourth-order valence-electron chi connectivity index (χ4n) is 3.15. The minimum atomic E-state index is -3.51. The van der Waals surface area contributed by atoms with E-state index in [1.165, 1.54) is 15.6 Å². The number of amides is 1. The zero-order valence-corrected chi connectivity index (χ0v) is 17.6. The number of hydrogen-bond donors (Lipinski definition) is 1. The summed E-state index contributed by atoms with van der Waals surface area (Å²) in [7, 11) is -3.51. The maximum atomic E-state index is 12.7. The lowest BCUT2D eigenvalue weighted by atomic mass is 9.98. The van der Waals surface area contributed by atoms with E-state index in [4.69, 9.17) is 0 Å². The Balaban J connectivity index is 1.68. The fraction of sp³-hybridized carbons (Fsp3) is 0.389. The van der Waals surface area contributed by atoms with Crippen LogP contribution in [-0.2, 0) is 14.8 Å². The van der Waals surface area contributed by atoms with Crippen LogP contribution in [0.2, 0.25) is 0 Å². The average molecular weight is 457 g/mol. The van der Waals surface area contributed by atoms with Crippen molar-refractivity contribution in [1.29, 1.82) is 0 Å². The molecule has 1 aliphatic rings. The molecular formula is C18H21BrN2O3S2. The van der Waals surface area contributed by atoms with Crippen molar-refractivity contribution in [2.45, 2.75) is 30.0 Å². The Labute approximate surface area is 166 Å². The van der Waals surface area contributed by atoms with E-state index < -0.39 is 10.0 Å². The highest BCUT2D eigenvalue weighted by Crippen LogP contribution is 2.28. The molecule has 1 N–H and O–H groups in total. The van der Waals surface area contributed by atoms with Crippen molar-refractivity contribution in [3.63, 3.8) is 0 Å². The molecule has 1 aromatic heterocycles. The molecule has 140 valence electrons. The summed E-state index contributed by atoms with van der Waals surface area (Å²) < 4.78 is 28.1. The molecule has 0 radical (unpaired) electrons. The van der Waals surface area contributed by atoms with Crippen molar-refractivity contribution in [3.8, 4) is 0 Å². The fourth-order valence-corrected chi connectivity index (χ4v) is 6.44. The van der Waals surface area contributed by atoms with Crippen LogP contribution in [0.4, 0.5) is 0 Å². The highest BCUT2D eigenvalue weighted by Gasteiger charge is 2.34. The number of carbonyl (C=O) groups excluding carboxylic acids is 1.